The van der Waals surface area contributed by atoms with Crippen LogP contribution < -0.4 is 0 Å². The predicted octanol–water partition coefficient (Wildman–Crippen LogP) is 20.3. The number of rotatable bonds is 6. The maximum atomic E-state index is 2.32. The maximum absolute atomic E-state index is 2.32. The largest absolute Gasteiger partial charge is 0.0622 e. The van der Waals surface area contributed by atoms with Crippen LogP contribution in [0.1, 0.15) is 0 Å². The number of fused-ring (bicyclic) bond motifs is 6. The van der Waals surface area contributed by atoms with Gasteiger partial charge >= 0.3 is 0 Å². The lowest BCUT2D eigenvalue weighted by Gasteiger charge is -2.19. The van der Waals surface area contributed by atoms with Crippen molar-refractivity contribution in [3.63, 3.8) is 0 Å². The highest BCUT2D eigenvalue weighted by Crippen LogP contribution is 2.47. The Morgan fingerprint density at radius 2 is 0.389 bits per heavy atom. The van der Waals surface area contributed by atoms with Gasteiger partial charge in [0, 0.05) is 0 Å². The van der Waals surface area contributed by atoms with Crippen LogP contribution in [0.2, 0.25) is 0 Å². The Morgan fingerprint density at radius 1 is 0.125 bits per heavy atom. The molecule has 0 heteroatoms. The van der Waals surface area contributed by atoms with Crippen molar-refractivity contribution in [1.82, 2.24) is 0 Å². The highest BCUT2D eigenvalue weighted by atomic mass is 14.2. The quantitative estimate of drug-likeness (QED) is 0.146. The second kappa shape index (κ2) is 18.5. The molecular weight excluding hydrogens is 865 g/mol. The molecule has 0 N–H and O–H groups in total. The summed E-state index contributed by atoms with van der Waals surface area (Å²) in [7, 11) is 0. The third kappa shape index (κ3) is 7.50. The second-order valence-corrected chi connectivity index (χ2v) is 18.6. The first-order valence-electron chi connectivity index (χ1n) is 24.9. The third-order valence-corrected chi connectivity index (χ3v) is 14.5. The predicted molar refractivity (Wildman–Crippen MR) is 311 cm³/mol. The fourth-order valence-electron chi connectivity index (χ4n) is 11.4. The minimum Gasteiger partial charge on any atom is -0.0622 e. The molecule has 0 bridgehead atoms. The van der Waals surface area contributed by atoms with Crippen molar-refractivity contribution >= 4 is 64.6 Å². The van der Waals surface area contributed by atoms with Crippen LogP contribution in [0.5, 0.6) is 0 Å². The summed E-state index contributed by atoms with van der Waals surface area (Å²) in [6, 6.07) is 105. The van der Waals surface area contributed by atoms with E-state index >= 15 is 0 Å². The van der Waals surface area contributed by atoms with Crippen LogP contribution in [0.3, 0.4) is 0 Å². The van der Waals surface area contributed by atoms with Crippen LogP contribution in [0.25, 0.3) is 131 Å². The molecule has 0 radical (unpaired) electrons. The Balaban J connectivity index is 0.000000140. The van der Waals surface area contributed by atoms with E-state index in [9.17, 15) is 0 Å². The summed E-state index contributed by atoms with van der Waals surface area (Å²) >= 11 is 0. The summed E-state index contributed by atoms with van der Waals surface area (Å²) in [6.45, 7) is 0. The highest BCUT2D eigenvalue weighted by molar-refractivity contribution is 6.25. The standard InChI is InChI=1S/2C36H24/c1-3-13-25(14-4-1)27-23-24-34(29-18-8-7-17-28(27)29)36-32-21-11-9-19-30(32)35(26-15-5-2-6-16-26)31-20-10-12-22-33(31)36;1-2-12-27(13-3-1)35-31-16-6-8-18-33(31)36(34-19-9-7-17-32(34)35)28-23-21-26(22-24-28)30-20-10-14-25-11-4-5-15-29(25)30/h2*1-24H. The molecule has 0 aliphatic carbocycles. The monoisotopic (exact) mass is 912 g/mol. The molecule has 0 saturated heterocycles. The van der Waals surface area contributed by atoms with Gasteiger partial charge in [0.15, 0.2) is 0 Å². The average molecular weight is 913 g/mol. The van der Waals surface area contributed by atoms with Crippen molar-refractivity contribution in [2.75, 3.05) is 0 Å². The number of benzene rings is 14. The van der Waals surface area contributed by atoms with Gasteiger partial charge in [-0.25, -0.2) is 0 Å². The maximum Gasteiger partial charge on any atom is -0.00201 e. The molecule has 0 nitrogen and oxygen atoms in total. The average Bonchev–Trinajstić information content (AvgIpc) is 3.46. The van der Waals surface area contributed by atoms with Gasteiger partial charge in [-0.3, -0.25) is 0 Å². The summed E-state index contributed by atoms with van der Waals surface area (Å²) in [5, 5.41) is 15.4. The zero-order chi connectivity index (χ0) is 47.8. The van der Waals surface area contributed by atoms with Crippen LogP contribution >= 0.6 is 0 Å². The lowest BCUT2D eigenvalue weighted by molar-refractivity contribution is 1.63. The second-order valence-electron chi connectivity index (χ2n) is 18.6. The van der Waals surface area contributed by atoms with Crippen molar-refractivity contribution in [2.45, 2.75) is 0 Å². The molecule has 14 aromatic rings. The van der Waals surface area contributed by atoms with Crippen molar-refractivity contribution < 1.29 is 0 Å². The molecule has 0 spiro atoms. The summed E-state index contributed by atoms with van der Waals surface area (Å²) in [5.41, 5.74) is 15.3. The van der Waals surface area contributed by atoms with E-state index in [1.807, 2.05) is 0 Å². The lowest BCUT2D eigenvalue weighted by atomic mass is 9.84. The van der Waals surface area contributed by atoms with Gasteiger partial charge in [-0.2, -0.15) is 0 Å². The molecule has 336 valence electrons. The Hall–Kier alpha value is -9.36. The third-order valence-electron chi connectivity index (χ3n) is 14.5. The van der Waals surface area contributed by atoms with Crippen LogP contribution in [0.4, 0.5) is 0 Å². The van der Waals surface area contributed by atoms with Gasteiger partial charge in [0.25, 0.3) is 0 Å². The Labute approximate surface area is 420 Å². The molecule has 14 aromatic carbocycles. The minimum atomic E-state index is 1.24. The molecule has 0 amide bonds. The SMILES string of the molecule is c1ccc(-c2c3ccccc3c(-c3ccc(-c4cccc5ccccc45)cc3)c3ccccc23)cc1.c1ccc(-c2ccc(-c3c4ccccc4c(-c4ccccc4)c4ccccc34)c3ccccc23)cc1. The van der Waals surface area contributed by atoms with E-state index in [0.717, 1.165) is 0 Å². The van der Waals surface area contributed by atoms with E-state index in [4.69, 9.17) is 0 Å². The summed E-state index contributed by atoms with van der Waals surface area (Å²) in [5.74, 6) is 0. The van der Waals surface area contributed by atoms with E-state index in [-0.39, 0.29) is 0 Å². The fourth-order valence-corrected chi connectivity index (χ4v) is 11.4. The Bertz CT molecular complexity index is 4160. The zero-order valence-corrected chi connectivity index (χ0v) is 39.7. The van der Waals surface area contributed by atoms with E-state index in [2.05, 4.69) is 291 Å². The van der Waals surface area contributed by atoms with Gasteiger partial charge in [-0.05, 0) is 131 Å². The van der Waals surface area contributed by atoms with E-state index in [1.54, 1.807) is 0 Å². The zero-order valence-electron chi connectivity index (χ0n) is 39.7. The topological polar surface area (TPSA) is 0 Å². The van der Waals surface area contributed by atoms with Crippen LogP contribution in [-0.2, 0) is 0 Å². The van der Waals surface area contributed by atoms with Crippen LogP contribution in [0, 0.1) is 0 Å². The van der Waals surface area contributed by atoms with Crippen molar-refractivity contribution in [3.05, 3.63) is 291 Å². The number of hydrogen-bond donors (Lipinski definition) is 0. The molecule has 0 saturated carbocycles. The van der Waals surface area contributed by atoms with Gasteiger partial charge in [-0.15, -0.1) is 0 Å². The number of hydrogen-bond acceptors (Lipinski definition) is 0. The normalized spacial score (nSPS) is 11.3. The fraction of sp³-hybridized carbons (Fsp3) is 0. The van der Waals surface area contributed by atoms with E-state index < -0.39 is 0 Å². The van der Waals surface area contributed by atoms with Gasteiger partial charge in [-0.1, -0.05) is 291 Å². The smallest absolute Gasteiger partial charge is 0.00201 e. The summed E-state index contributed by atoms with van der Waals surface area (Å²) in [4.78, 5) is 0. The molecule has 14 rings (SSSR count). The van der Waals surface area contributed by atoms with Crippen LogP contribution in [0.15, 0.2) is 291 Å². The molecule has 0 heterocycles. The van der Waals surface area contributed by atoms with Crippen LogP contribution in [-0.4, -0.2) is 0 Å². The van der Waals surface area contributed by atoms with E-state index in [0.29, 0.717) is 0 Å². The first-order chi connectivity index (χ1) is 35.8. The Kier molecular flexibility index (Phi) is 11.0. The summed E-state index contributed by atoms with van der Waals surface area (Å²) < 4.78 is 0. The van der Waals surface area contributed by atoms with Gasteiger partial charge in [0.2, 0.25) is 0 Å². The van der Waals surface area contributed by atoms with Gasteiger partial charge in [0.1, 0.15) is 0 Å². The first-order valence-corrected chi connectivity index (χ1v) is 24.9. The van der Waals surface area contributed by atoms with Gasteiger partial charge < -0.3 is 0 Å². The molecule has 0 atom stereocenters. The molecule has 0 aromatic heterocycles. The van der Waals surface area contributed by atoms with Gasteiger partial charge in [0.05, 0.1) is 0 Å². The van der Waals surface area contributed by atoms with Crippen molar-refractivity contribution in [1.29, 1.82) is 0 Å². The first kappa shape index (κ1) is 42.7. The molecular formula is C72H48. The van der Waals surface area contributed by atoms with Crippen molar-refractivity contribution in [3.8, 4) is 66.8 Å². The molecule has 0 aliphatic heterocycles. The molecule has 0 aliphatic rings. The lowest BCUT2D eigenvalue weighted by Crippen LogP contribution is -1.92. The summed E-state index contributed by atoms with van der Waals surface area (Å²) in [6.07, 6.45) is 0. The molecule has 0 unspecified atom stereocenters. The molecule has 72 heavy (non-hydrogen) atoms. The Morgan fingerprint density at radius 3 is 0.833 bits per heavy atom. The highest BCUT2D eigenvalue weighted by Gasteiger charge is 2.20. The minimum absolute atomic E-state index is 1.24. The molecule has 0 fully saturated rings. The van der Waals surface area contributed by atoms with E-state index in [1.165, 1.54) is 131 Å². The van der Waals surface area contributed by atoms with Crippen molar-refractivity contribution in [2.24, 2.45) is 0 Å².